The molecule has 13 heavy (non-hydrogen) atoms. The highest BCUT2D eigenvalue weighted by Crippen LogP contribution is 2.22. The van der Waals surface area contributed by atoms with Crippen LogP contribution in [0.1, 0.15) is 10.4 Å². The van der Waals surface area contributed by atoms with Gasteiger partial charge in [0.2, 0.25) is 0 Å². The normalized spacial score (nSPS) is 14.5. The molecule has 1 aromatic rings. The smallest absolute Gasteiger partial charge is 0.254 e. The molecule has 0 bridgehead atoms. The number of carbonyl (C=O) groups is 1. The molecule has 4 heteroatoms. The summed E-state index contributed by atoms with van der Waals surface area (Å²) in [6.07, 6.45) is 0. The molecule has 1 aliphatic heterocycles. The predicted octanol–water partition coefficient (Wildman–Crippen LogP) is 2.51. The van der Waals surface area contributed by atoms with Crippen LogP contribution in [-0.2, 0) is 0 Å². The Labute approximate surface area is 98.6 Å². The van der Waals surface area contributed by atoms with Crippen LogP contribution in [0.2, 0.25) is 0 Å². The van der Waals surface area contributed by atoms with E-state index >= 15 is 0 Å². The molecule has 0 N–H and O–H groups in total. The van der Waals surface area contributed by atoms with Gasteiger partial charge in [0, 0.05) is 26.7 Å². The van der Waals surface area contributed by atoms with Crippen LogP contribution in [0.15, 0.2) is 22.7 Å². The minimum Gasteiger partial charge on any atom is -0.335 e. The number of rotatable bonds is 1. The van der Waals surface area contributed by atoms with Crippen LogP contribution in [0.5, 0.6) is 0 Å². The van der Waals surface area contributed by atoms with E-state index in [-0.39, 0.29) is 5.91 Å². The van der Waals surface area contributed by atoms with Gasteiger partial charge in [-0.2, -0.15) is 0 Å². The monoisotopic (exact) mass is 351 g/mol. The Kier molecular flexibility index (Phi) is 2.60. The van der Waals surface area contributed by atoms with Crippen LogP contribution >= 0.6 is 38.5 Å². The zero-order valence-electron chi connectivity index (χ0n) is 6.76. The SMILES string of the molecule is O=C(c1ccc(I)c(Br)c1)N1CC1. The average molecular weight is 352 g/mol. The molecular formula is C9H7BrINO. The number of nitrogens with zero attached hydrogens (tertiary/aromatic N) is 1. The lowest BCUT2D eigenvalue weighted by atomic mass is 10.2. The third-order valence-corrected chi connectivity index (χ3v) is 4.24. The van der Waals surface area contributed by atoms with E-state index in [1.54, 1.807) is 0 Å². The van der Waals surface area contributed by atoms with E-state index in [0.717, 1.165) is 26.7 Å². The highest BCUT2D eigenvalue weighted by molar-refractivity contribution is 14.1. The molecule has 1 saturated heterocycles. The number of halogens is 2. The van der Waals surface area contributed by atoms with Crippen molar-refractivity contribution >= 4 is 44.4 Å². The van der Waals surface area contributed by atoms with Gasteiger partial charge < -0.3 is 4.90 Å². The Bertz CT molecular complexity index is 363. The molecule has 0 saturated carbocycles. The Hall–Kier alpha value is -0.100. The van der Waals surface area contributed by atoms with E-state index in [9.17, 15) is 4.79 Å². The van der Waals surface area contributed by atoms with Gasteiger partial charge >= 0.3 is 0 Å². The topological polar surface area (TPSA) is 20.1 Å². The minimum atomic E-state index is 0.136. The fourth-order valence-electron chi connectivity index (χ4n) is 1.06. The van der Waals surface area contributed by atoms with Gasteiger partial charge in [-0.1, -0.05) is 0 Å². The summed E-state index contributed by atoms with van der Waals surface area (Å²) in [5.41, 5.74) is 0.768. The second kappa shape index (κ2) is 3.57. The second-order valence-corrected chi connectivity index (χ2v) is 4.94. The van der Waals surface area contributed by atoms with Gasteiger partial charge in [-0.05, 0) is 56.7 Å². The van der Waals surface area contributed by atoms with Crippen LogP contribution in [0.3, 0.4) is 0 Å². The predicted molar refractivity (Wildman–Crippen MR) is 62.8 cm³/mol. The Morgan fingerprint density at radius 1 is 1.46 bits per heavy atom. The van der Waals surface area contributed by atoms with Crippen molar-refractivity contribution in [3.8, 4) is 0 Å². The molecule has 1 amide bonds. The molecular weight excluding hydrogens is 345 g/mol. The maximum Gasteiger partial charge on any atom is 0.254 e. The third kappa shape index (κ3) is 2.04. The average Bonchev–Trinajstić information content (AvgIpc) is 2.91. The largest absolute Gasteiger partial charge is 0.335 e. The fraction of sp³-hybridized carbons (Fsp3) is 0.222. The first-order chi connectivity index (χ1) is 6.18. The van der Waals surface area contributed by atoms with Crippen LogP contribution < -0.4 is 0 Å². The van der Waals surface area contributed by atoms with Crippen molar-refractivity contribution in [3.63, 3.8) is 0 Å². The van der Waals surface area contributed by atoms with Gasteiger partial charge in [0.1, 0.15) is 0 Å². The van der Waals surface area contributed by atoms with E-state index in [1.807, 2.05) is 23.1 Å². The summed E-state index contributed by atoms with van der Waals surface area (Å²) in [5, 5.41) is 0. The van der Waals surface area contributed by atoms with E-state index in [1.165, 1.54) is 0 Å². The summed E-state index contributed by atoms with van der Waals surface area (Å²) in [6, 6.07) is 5.69. The lowest BCUT2D eigenvalue weighted by molar-refractivity contribution is 0.0885. The summed E-state index contributed by atoms with van der Waals surface area (Å²) in [4.78, 5) is 13.4. The van der Waals surface area contributed by atoms with Gasteiger partial charge in [-0.15, -0.1) is 0 Å². The van der Waals surface area contributed by atoms with Gasteiger partial charge in [0.15, 0.2) is 0 Å². The van der Waals surface area contributed by atoms with Gasteiger partial charge in [-0.25, -0.2) is 0 Å². The van der Waals surface area contributed by atoms with Crippen molar-refractivity contribution in [2.24, 2.45) is 0 Å². The summed E-state index contributed by atoms with van der Waals surface area (Å²) in [6.45, 7) is 1.81. The van der Waals surface area contributed by atoms with E-state index in [4.69, 9.17) is 0 Å². The van der Waals surface area contributed by atoms with Crippen LogP contribution in [0.4, 0.5) is 0 Å². The zero-order chi connectivity index (χ0) is 9.42. The summed E-state index contributed by atoms with van der Waals surface area (Å²) in [5.74, 6) is 0.136. The highest BCUT2D eigenvalue weighted by Gasteiger charge is 2.25. The van der Waals surface area contributed by atoms with Crippen molar-refractivity contribution in [2.45, 2.75) is 0 Å². The number of benzene rings is 1. The third-order valence-electron chi connectivity index (χ3n) is 1.90. The molecule has 0 radical (unpaired) electrons. The van der Waals surface area contributed by atoms with E-state index in [2.05, 4.69) is 38.5 Å². The molecule has 68 valence electrons. The number of hydrogen-bond donors (Lipinski definition) is 0. The van der Waals surface area contributed by atoms with Crippen molar-refractivity contribution in [2.75, 3.05) is 13.1 Å². The number of carbonyl (C=O) groups excluding carboxylic acids is 1. The summed E-state index contributed by atoms with van der Waals surface area (Å²) >= 11 is 5.63. The molecule has 0 aromatic heterocycles. The van der Waals surface area contributed by atoms with Gasteiger partial charge in [0.05, 0.1) is 0 Å². The lowest BCUT2D eigenvalue weighted by Crippen LogP contribution is -2.10. The van der Waals surface area contributed by atoms with Gasteiger partial charge in [-0.3, -0.25) is 4.79 Å². The highest BCUT2D eigenvalue weighted by atomic mass is 127. The molecule has 2 nitrogen and oxygen atoms in total. The number of amides is 1. The van der Waals surface area contributed by atoms with Crippen molar-refractivity contribution in [1.29, 1.82) is 0 Å². The molecule has 1 fully saturated rings. The zero-order valence-corrected chi connectivity index (χ0v) is 10.5. The Balaban J connectivity index is 2.30. The molecule has 0 aliphatic carbocycles. The second-order valence-electron chi connectivity index (χ2n) is 2.92. The van der Waals surface area contributed by atoms with Crippen LogP contribution in [0, 0.1) is 3.57 Å². The van der Waals surface area contributed by atoms with Crippen molar-refractivity contribution in [1.82, 2.24) is 4.90 Å². The maximum absolute atomic E-state index is 11.6. The molecule has 2 rings (SSSR count). The molecule has 1 aliphatic rings. The molecule has 1 heterocycles. The molecule has 1 aromatic carbocycles. The Morgan fingerprint density at radius 3 is 2.69 bits per heavy atom. The quantitative estimate of drug-likeness (QED) is 0.562. The first kappa shape index (κ1) is 9.45. The standard InChI is InChI=1S/C9H7BrINO/c10-7-5-6(1-2-8(7)11)9(13)12-3-4-12/h1-2,5H,3-4H2. The first-order valence-corrected chi connectivity index (χ1v) is 5.80. The van der Waals surface area contributed by atoms with E-state index in [0.29, 0.717) is 0 Å². The minimum absolute atomic E-state index is 0.136. The summed E-state index contributed by atoms with van der Waals surface area (Å²) in [7, 11) is 0. The van der Waals surface area contributed by atoms with E-state index < -0.39 is 0 Å². The number of hydrogen-bond acceptors (Lipinski definition) is 1. The van der Waals surface area contributed by atoms with Crippen molar-refractivity contribution in [3.05, 3.63) is 31.8 Å². The van der Waals surface area contributed by atoms with Crippen LogP contribution in [0.25, 0.3) is 0 Å². The fourth-order valence-corrected chi connectivity index (χ4v) is 1.78. The molecule has 0 unspecified atom stereocenters. The molecule has 0 spiro atoms. The van der Waals surface area contributed by atoms with Crippen molar-refractivity contribution < 1.29 is 4.79 Å². The Morgan fingerprint density at radius 2 is 2.15 bits per heavy atom. The lowest BCUT2D eigenvalue weighted by Gasteiger charge is -2.02. The summed E-state index contributed by atoms with van der Waals surface area (Å²) < 4.78 is 2.11. The molecule has 0 atom stereocenters. The van der Waals surface area contributed by atoms with Crippen LogP contribution in [-0.4, -0.2) is 23.9 Å². The van der Waals surface area contributed by atoms with Gasteiger partial charge in [0.25, 0.3) is 5.91 Å². The first-order valence-electron chi connectivity index (χ1n) is 3.93. The maximum atomic E-state index is 11.6.